The number of hydrogen-bond donors (Lipinski definition) is 0. The van der Waals surface area contributed by atoms with E-state index in [9.17, 15) is 22.0 Å². The van der Waals surface area contributed by atoms with Crippen LogP contribution in [0, 0.1) is 0 Å². The molecule has 0 aliphatic carbocycles. The second-order valence-electron chi connectivity index (χ2n) is 7.29. The molecule has 2 aromatic heterocycles. The highest BCUT2D eigenvalue weighted by molar-refractivity contribution is 5.29. The summed E-state index contributed by atoms with van der Waals surface area (Å²) in [4.78, 5) is 7.92. The first kappa shape index (κ1) is 23.0. The van der Waals surface area contributed by atoms with Gasteiger partial charge >= 0.3 is 6.18 Å². The molecule has 2 heterocycles. The Morgan fingerprint density at radius 3 is 1.85 bits per heavy atom. The number of rotatable bonds is 3. The molecule has 0 amide bonds. The molecule has 0 spiro atoms. The lowest BCUT2D eigenvalue weighted by Crippen LogP contribution is -2.21. The van der Waals surface area contributed by atoms with Crippen LogP contribution >= 0.6 is 0 Å². The van der Waals surface area contributed by atoms with E-state index in [1.807, 2.05) is 20.8 Å². The Bertz CT molecular complexity index is 695. The summed E-state index contributed by atoms with van der Waals surface area (Å²) in [7, 11) is 0. The average Bonchev–Trinajstić information content (AvgIpc) is 2.53. The Morgan fingerprint density at radius 2 is 1.41 bits per heavy atom. The van der Waals surface area contributed by atoms with Crippen molar-refractivity contribution in [2.24, 2.45) is 0 Å². The van der Waals surface area contributed by atoms with E-state index in [2.05, 4.69) is 9.97 Å². The number of hydrogen-bond acceptors (Lipinski definition) is 2. The normalized spacial score (nSPS) is 12.4. The fourth-order valence-corrected chi connectivity index (χ4v) is 2.52. The lowest BCUT2D eigenvalue weighted by molar-refractivity contribution is -0.127. The topological polar surface area (TPSA) is 25.8 Å². The Morgan fingerprint density at radius 1 is 0.852 bits per heavy atom. The smallest absolute Gasteiger partial charge is 0.261 e. The van der Waals surface area contributed by atoms with E-state index < -0.39 is 18.5 Å². The zero-order chi connectivity index (χ0) is 20.9. The summed E-state index contributed by atoms with van der Waals surface area (Å²) < 4.78 is 62.5. The van der Waals surface area contributed by atoms with E-state index in [1.165, 1.54) is 24.4 Å². The Labute approximate surface area is 156 Å². The largest absolute Gasteiger partial charge is 0.393 e. The predicted octanol–water partition coefficient (Wildman–Crippen LogP) is 6.24. The average molecular weight is 388 g/mol. The maximum absolute atomic E-state index is 13.2. The highest BCUT2D eigenvalue weighted by Gasteiger charge is 2.32. The van der Waals surface area contributed by atoms with E-state index in [-0.39, 0.29) is 16.5 Å². The quantitative estimate of drug-likeness (QED) is 0.582. The van der Waals surface area contributed by atoms with Gasteiger partial charge in [-0.2, -0.15) is 13.2 Å². The molecule has 0 aliphatic rings. The van der Waals surface area contributed by atoms with Crippen molar-refractivity contribution < 1.29 is 22.0 Å². The molecule has 7 heteroatoms. The molecule has 2 nitrogen and oxygen atoms in total. The third-order valence-corrected chi connectivity index (χ3v) is 3.70. The van der Waals surface area contributed by atoms with Crippen LogP contribution in [0.2, 0.25) is 0 Å². The third kappa shape index (κ3) is 7.61. The predicted molar refractivity (Wildman–Crippen MR) is 95.9 cm³/mol. The molecule has 0 saturated heterocycles. The highest BCUT2D eigenvalue weighted by atomic mass is 19.4. The van der Waals surface area contributed by atoms with Gasteiger partial charge in [0.05, 0.1) is 12.1 Å². The summed E-state index contributed by atoms with van der Waals surface area (Å²) in [6, 6.07) is 5.98. The molecule has 2 aromatic rings. The van der Waals surface area contributed by atoms with Crippen molar-refractivity contribution in [3.05, 3.63) is 59.2 Å². The molecule has 27 heavy (non-hydrogen) atoms. The van der Waals surface area contributed by atoms with E-state index >= 15 is 0 Å². The van der Waals surface area contributed by atoms with Crippen molar-refractivity contribution in [1.29, 1.82) is 0 Å². The summed E-state index contributed by atoms with van der Waals surface area (Å²) in [5.41, 5.74) is 0.938. The minimum atomic E-state index is -4.15. The van der Waals surface area contributed by atoms with Crippen molar-refractivity contribution in [2.75, 3.05) is 0 Å². The van der Waals surface area contributed by atoms with E-state index in [4.69, 9.17) is 0 Å². The number of aryl methyl sites for hydroxylation is 1. The van der Waals surface area contributed by atoms with Crippen LogP contribution in [-0.4, -0.2) is 16.1 Å². The van der Waals surface area contributed by atoms with Crippen LogP contribution in [0.5, 0.6) is 0 Å². The zero-order valence-corrected chi connectivity index (χ0v) is 16.2. The number of alkyl halides is 5. The van der Waals surface area contributed by atoms with Gasteiger partial charge in [0.25, 0.3) is 5.92 Å². The number of nitrogens with zero attached hydrogens (tertiary/aromatic N) is 2. The molecule has 0 radical (unpaired) electrons. The van der Waals surface area contributed by atoms with Crippen LogP contribution in [0.25, 0.3) is 0 Å². The van der Waals surface area contributed by atoms with Crippen LogP contribution in [0.15, 0.2) is 36.7 Å². The van der Waals surface area contributed by atoms with E-state index in [0.29, 0.717) is 17.8 Å². The number of pyridine rings is 2. The van der Waals surface area contributed by atoms with E-state index in [0.717, 1.165) is 6.92 Å². The fraction of sp³-hybridized carbons (Fsp3) is 0.500. The highest BCUT2D eigenvalue weighted by Crippen LogP contribution is 2.34. The molecule has 0 aliphatic heterocycles. The van der Waals surface area contributed by atoms with Gasteiger partial charge in [-0.05, 0) is 30.2 Å². The van der Waals surface area contributed by atoms with Crippen LogP contribution in [0.4, 0.5) is 22.0 Å². The minimum Gasteiger partial charge on any atom is -0.261 e. The summed E-state index contributed by atoms with van der Waals surface area (Å²) in [6.45, 7) is 8.33. The number of halogens is 5. The van der Waals surface area contributed by atoms with Gasteiger partial charge in [-0.15, -0.1) is 0 Å². The molecule has 0 atom stereocenters. The molecular formula is C20H25F5N2. The Balaban J connectivity index is 0.000000271. The molecule has 0 unspecified atom stereocenters. The van der Waals surface area contributed by atoms with Crippen LogP contribution < -0.4 is 0 Å². The molecule has 0 saturated carbocycles. The molecule has 150 valence electrons. The van der Waals surface area contributed by atoms with Gasteiger partial charge < -0.3 is 0 Å². The van der Waals surface area contributed by atoms with Crippen LogP contribution in [0.3, 0.4) is 0 Å². The first-order valence-electron chi connectivity index (χ1n) is 8.59. The molecule has 0 bridgehead atoms. The van der Waals surface area contributed by atoms with Crippen LogP contribution in [0.1, 0.15) is 57.1 Å². The Hall–Kier alpha value is -2.05. The van der Waals surface area contributed by atoms with Crippen molar-refractivity contribution >= 4 is 0 Å². The lowest BCUT2D eigenvalue weighted by atomic mass is 9.87. The fourth-order valence-electron chi connectivity index (χ4n) is 2.52. The molecule has 2 rings (SSSR count). The van der Waals surface area contributed by atoms with Crippen molar-refractivity contribution in [3.63, 3.8) is 0 Å². The van der Waals surface area contributed by atoms with Crippen molar-refractivity contribution in [1.82, 2.24) is 9.97 Å². The van der Waals surface area contributed by atoms with Crippen LogP contribution in [-0.2, 0) is 24.2 Å². The Kier molecular flexibility index (Phi) is 7.46. The zero-order valence-electron chi connectivity index (χ0n) is 16.2. The maximum atomic E-state index is 13.2. The lowest BCUT2D eigenvalue weighted by Gasteiger charge is -2.23. The van der Waals surface area contributed by atoms with Gasteiger partial charge in [-0.1, -0.05) is 33.8 Å². The molecular weight excluding hydrogens is 363 g/mol. The van der Waals surface area contributed by atoms with Gasteiger partial charge in [-0.3, -0.25) is 9.97 Å². The maximum Gasteiger partial charge on any atom is 0.393 e. The van der Waals surface area contributed by atoms with Crippen molar-refractivity contribution in [2.45, 2.75) is 65.0 Å². The SMILES string of the molecule is CC(C)(C)c1ncccc1C(C)(F)F.CCc1ncccc1CC(F)(F)F. The first-order valence-corrected chi connectivity index (χ1v) is 8.59. The first-order chi connectivity index (χ1) is 12.3. The van der Waals surface area contributed by atoms with Gasteiger partial charge in [0.15, 0.2) is 0 Å². The molecule has 0 aromatic carbocycles. The summed E-state index contributed by atoms with van der Waals surface area (Å²) in [6.07, 6.45) is -1.43. The van der Waals surface area contributed by atoms with E-state index in [1.54, 1.807) is 19.2 Å². The summed E-state index contributed by atoms with van der Waals surface area (Å²) in [5, 5.41) is 0. The monoisotopic (exact) mass is 388 g/mol. The van der Waals surface area contributed by atoms with Crippen molar-refractivity contribution in [3.8, 4) is 0 Å². The molecule has 0 fully saturated rings. The van der Waals surface area contributed by atoms with Gasteiger partial charge in [0.2, 0.25) is 0 Å². The van der Waals surface area contributed by atoms with Gasteiger partial charge in [0.1, 0.15) is 0 Å². The van der Waals surface area contributed by atoms with Gasteiger partial charge in [0, 0.05) is 36.0 Å². The minimum absolute atomic E-state index is 0.0208. The third-order valence-electron chi connectivity index (χ3n) is 3.70. The summed E-state index contributed by atoms with van der Waals surface area (Å²) >= 11 is 0. The van der Waals surface area contributed by atoms with Gasteiger partial charge in [-0.25, -0.2) is 8.78 Å². The second-order valence-corrected chi connectivity index (χ2v) is 7.29. The second kappa shape index (κ2) is 8.76. The number of aromatic nitrogens is 2. The standard InChI is InChI=1S/C11H15F2N.C9H10F3N/c1-10(2,3)9-8(11(4,12)13)6-5-7-14-9;1-2-8-7(4-3-5-13-8)6-9(10,11)12/h5-7H,1-4H3;3-5H,2,6H2,1H3. The summed E-state index contributed by atoms with van der Waals surface area (Å²) in [5.74, 6) is -2.82. The molecule has 0 N–H and O–H groups in total.